The number of rotatable bonds is 8. The number of ether oxygens (including phenoxy) is 2. The first kappa shape index (κ1) is 19.5. The van der Waals surface area contributed by atoms with Crippen LogP contribution in [0.1, 0.15) is 16.8 Å². The highest BCUT2D eigenvalue weighted by Crippen LogP contribution is 2.15. The largest absolute Gasteiger partial charge is 0.493 e. The lowest BCUT2D eigenvalue weighted by Gasteiger charge is -2.08. The maximum atomic E-state index is 12.0. The number of benzene rings is 2. The average Bonchev–Trinajstić information content (AvgIpc) is 2.61. The maximum Gasteiger partial charge on any atom is 0.325 e. The second-order valence-corrected chi connectivity index (χ2v) is 6.64. The summed E-state index contributed by atoms with van der Waals surface area (Å²) < 4.78 is 11.4. The summed E-state index contributed by atoms with van der Waals surface area (Å²) in [6.07, 6.45) is 0.554. The Bertz CT molecular complexity index is 721. The number of hydrogen-bond donors (Lipinski definition) is 1. The van der Waals surface area contributed by atoms with Crippen LogP contribution in [-0.2, 0) is 9.53 Å². The minimum Gasteiger partial charge on any atom is -0.493 e. The molecule has 132 valence electrons. The van der Waals surface area contributed by atoms with Crippen molar-refractivity contribution >= 4 is 46.1 Å². The van der Waals surface area contributed by atoms with E-state index in [9.17, 15) is 9.59 Å². The third-order valence-electron chi connectivity index (χ3n) is 3.15. The average molecular weight is 474 g/mol. The van der Waals surface area contributed by atoms with Crippen LogP contribution in [0, 0.1) is 3.57 Å². The van der Waals surface area contributed by atoms with E-state index in [1.54, 1.807) is 36.4 Å². The number of hydrogen-bond acceptors (Lipinski definition) is 4. The monoisotopic (exact) mass is 473 g/mol. The molecule has 0 aliphatic heterocycles. The van der Waals surface area contributed by atoms with E-state index in [1.165, 1.54) is 0 Å². The number of carbonyl (C=O) groups is 2. The summed E-state index contributed by atoms with van der Waals surface area (Å²) in [7, 11) is 0. The van der Waals surface area contributed by atoms with Crippen molar-refractivity contribution < 1.29 is 19.1 Å². The van der Waals surface area contributed by atoms with Crippen molar-refractivity contribution in [3.8, 4) is 5.75 Å². The molecule has 0 spiro atoms. The molecule has 0 aliphatic rings. The van der Waals surface area contributed by atoms with Crippen LogP contribution < -0.4 is 10.1 Å². The van der Waals surface area contributed by atoms with Gasteiger partial charge in [-0.1, -0.05) is 23.7 Å². The van der Waals surface area contributed by atoms with Crippen molar-refractivity contribution in [2.45, 2.75) is 6.42 Å². The molecule has 0 saturated heterocycles. The molecule has 0 radical (unpaired) electrons. The number of nitrogens with one attached hydrogen (secondary N) is 1. The van der Waals surface area contributed by atoms with Crippen LogP contribution in [0.25, 0.3) is 0 Å². The number of halogens is 2. The van der Waals surface area contributed by atoms with E-state index in [-0.39, 0.29) is 19.1 Å². The number of carbonyl (C=O) groups excluding carboxylic acids is 2. The highest BCUT2D eigenvalue weighted by atomic mass is 127. The third-order valence-corrected chi connectivity index (χ3v) is 4.34. The van der Waals surface area contributed by atoms with Gasteiger partial charge >= 0.3 is 5.97 Å². The van der Waals surface area contributed by atoms with E-state index in [0.717, 1.165) is 3.57 Å². The Labute approximate surface area is 164 Å². The second-order valence-electron chi connectivity index (χ2n) is 5.04. The Balaban J connectivity index is 1.60. The summed E-state index contributed by atoms with van der Waals surface area (Å²) >= 11 is 7.86. The van der Waals surface area contributed by atoms with Crippen molar-refractivity contribution in [2.24, 2.45) is 0 Å². The van der Waals surface area contributed by atoms with Crippen molar-refractivity contribution in [3.05, 3.63) is 62.7 Å². The summed E-state index contributed by atoms with van der Waals surface area (Å²) in [6.45, 7) is 0.483. The minimum absolute atomic E-state index is 0.165. The fraction of sp³-hybridized carbons (Fsp3) is 0.222. The van der Waals surface area contributed by atoms with Gasteiger partial charge in [0.15, 0.2) is 0 Å². The molecule has 0 fully saturated rings. The molecule has 1 N–H and O–H groups in total. The second kappa shape index (κ2) is 10.2. The van der Waals surface area contributed by atoms with Crippen LogP contribution in [0.2, 0.25) is 5.02 Å². The summed E-state index contributed by atoms with van der Waals surface area (Å²) in [4.78, 5) is 23.6. The molecule has 0 saturated carbocycles. The molecule has 0 aromatic heterocycles. The lowest BCUT2D eigenvalue weighted by molar-refractivity contribution is -0.142. The Morgan fingerprint density at radius 1 is 1.04 bits per heavy atom. The smallest absolute Gasteiger partial charge is 0.325 e. The zero-order chi connectivity index (χ0) is 18.1. The van der Waals surface area contributed by atoms with Crippen molar-refractivity contribution in [1.29, 1.82) is 0 Å². The van der Waals surface area contributed by atoms with E-state index in [4.69, 9.17) is 21.1 Å². The Kier molecular flexibility index (Phi) is 8.00. The van der Waals surface area contributed by atoms with Crippen LogP contribution in [0.4, 0.5) is 0 Å². The Morgan fingerprint density at radius 3 is 2.48 bits per heavy atom. The molecule has 7 heteroatoms. The fourth-order valence-corrected chi connectivity index (χ4v) is 2.67. The molecule has 0 unspecified atom stereocenters. The minimum atomic E-state index is -0.481. The standard InChI is InChI=1S/C18H17ClINO4/c19-13-6-8-14(9-7-13)24-10-3-11-25-17(22)12-21-18(23)15-4-1-2-5-16(15)20/h1-2,4-9H,3,10-12H2,(H,21,23). The predicted molar refractivity (Wildman–Crippen MR) is 104 cm³/mol. The van der Waals surface area contributed by atoms with Crippen LogP contribution in [0.5, 0.6) is 5.75 Å². The highest BCUT2D eigenvalue weighted by Gasteiger charge is 2.11. The molecule has 5 nitrogen and oxygen atoms in total. The quantitative estimate of drug-likeness (QED) is 0.361. The summed E-state index contributed by atoms with van der Waals surface area (Å²) in [6, 6.07) is 14.2. The van der Waals surface area contributed by atoms with Gasteiger partial charge in [0.05, 0.1) is 18.8 Å². The fourth-order valence-electron chi connectivity index (χ4n) is 1.91. The van der Waals surface area contributed by atoms with Gasteiger partial charge in [0.25, 0.3) is 5.91 Å². The third kappa shape index (κ3) is 6.91. The number of esters is 1. The predicted octanol–water partition coefficient (Wildman–Crippen LogP) is 3.69. The Hall–Kier alpha value is -1.80. The van der Waals surface area contributed by atoms with Gasteiger partial charge in [0.2, 0.25) is 0 Å². The van der Waals surface area contributed by atoms with Gasteiger partial charge in [-0.2, -0.15) is 0 Å². The highest BCUT2D eigenvalue weighted by molar-refractivity contribution is 14.1. The van der Waals surface area contributed by atoms with Crippen LogP contribution >= 0.6 is 34.2 Å². The molecule has 25 heavy (non-hydrogen) atoms. The van der Waals surface area contributed by atoms with Crippen molar-refractivity contribution in [3.63, 3.8) is 0 Å². The van der Waals surface area contributed by atoms with Gasteiger partial charge in [-0.05, 0) is 59.0 Å². The van der Waals surface area contributed by atoms with E-state index >= 15 is 0 Å². The molecule has 1 amide bonds. The summed E-state index contributed by atoms with van der Waals surface area (Å²) in [5.74, 6) is -0.0701. The molecule has 0 bridgehead atoms. The molecular formula is C18H17ClINO4. The van der Waals surface area contributed by atoms with Crippen LogP contribution in [0.3, 0.4) is 0 Å². The lowest BCUT2D eigenvalue weighted by atomic mass is 10.2. The van der Waals surface area contributed by atoms with Crippen molar-refractivity contribution in [2.75, 3.05) is 19.8 Å². The molecule has 0 aliphatic carbocycles. The molecule has 0 heterocycles. The van der Waals surface area contributed by atoms with Gasteiger partial charge < -0.3 is 14.8 Å². The zero-order valence-corrected chi connectivity index (χ0v) is 16.2. The SMILES string of the molecule is O=C(CNC(=O)c1ccccc1I)OCCCOc1ccc(Cl)cc1. The van der Waals surface area contributed by atoms with E-state index in [2.05, 4.69) is 27.9 Å². The zero-order valence-electron chi connectivity index (χ0n) is 13.3. The van der Waals surface area contributed by atoms with Crippen LogP contribution in [0.15, 0.2) is 48.5 Å². The van der Waals surface area contributed by atoms with Gasteiger partial charge in [0.1, 0.15) is 12.3 Å². The lowest BCUT2D eigenvalue weighted by Crippen LogP contribution is -2.31. The molecular weight excluding hydrogens is 457 g/mol. The van der Waals surface area contributed by atoms with E-state index < -0.39 is 5.97 Å². The normalized spacial score (nSPS) is 10.2. The first-order valence-corrected chi connectivity index (χ1v) is 9.08. The first-order chi connectivity index (χ1) is 12.1. The molecule has 2 aromatic rings. The van der Waals surface area contributed by atoms with Gasteiger partial charge in [-0.15, -0.1) is 0 Å². The maximum absolute atomic E-state index is 12.0. The summed E-state index contributed by atoms with van der Waals surface area (Å²) in [5, 5.41) is 3.20. The molecule has 0 atom stereocenters. The summed E-state index contributed by atoms with van der Waals surface area (Å²) in [5.41, 5.74) is 0.535. The number of amides is 1. The molecule has 2 aromatic carbocycles. The topological polar surface area (TPSA) is 64.6 Å². The van der Waals surface area contributed by atoms with Crippen molar-refractivity contribution in [1.82, 2.24) is 5.32 Å². The molecule has 2 rings (SSSR count). The van der Waals surface area contributed by atoms with Crippen LogP contribution in [-0.4, -0.2) is 31.6 Å². The van der Waals surface area contributed by atoms with Gasteiger partial charge in [0, 0.05) is 15.0 Å². The van der Waals surface area contributed by atoms with E-state index in [1.807, 2.05) is 12.1 Å². The van der Waals surface area contributed by atoms with Gasteiger partial charge in [-0.3, -0.25) is 9.59 Å². The first-order valence-electron chi connectivity index (χ1n) is 7.63. The van der Waals surface area contributed by atoms with E-state index in [0.29, 0.717) is 29.4 Å². The Morgan fingerprint density at radius 2 is 1.76 bits per heavy atom. The van der Waals surface area contributed by atoms with Gasteiger partial charge in [-0.25, -0.2) is 0 Å².